The number of fused-ring (bicyclic) bond motifs is 3. The van der Waals surface area contributed by atoms with Crippen LogP contribution in [-0.4, -0.2) is 23.9 Å². The van der Waals surface area contributed by atoms with Crippen LogP contribution in [0.3, 0.4) is 0 Å². The average molecular weight is 435 g/mol. The summed E-state index contributed by atoms with van der Waals surface area (Å²) >= 11 is 0. The summed E-state index contributed by atoms with van der Waals surface area (Å²) in [4.78, 5) is 10.4. The molecule has 0 bridgehead atoms. The van der Waals surface area contributed by atoms with Gasteiger partial charge in [0.05, 0.1) is 17.1 Å². The number of nitro benzene ring substituents is 1. The predicted molar refractivity (Wildman–Crippen MR) is 103 cm³/mol. The van der Waals surface area contributed by atoms with Crippen molar-refractivity contribution in [3.8, 4) is 17.2 Å². The number of ether oxygens (including phenoxy) is 2. The van der Waals surface area contributed by atoms with E-state index in [4.69, 9.17) is 9.15 Å². The molecule has 0 unspecified atom stereocenters. The van der Waals surface area contributed by atoms with Crippen LogP contribution >= 0.6 is 0 Å². The lowest BCUT2D eigenvalue weighted by atomic mass is 10.1. The highest BCUT2D eigenvalue weighted by molar-refractivity contribution is 6.05. The molecule has 0 saturated carbocycles. The van der Waals surface area contributed by atoms with E-state index in [0.29, 0.717) is 11.2 Å². The van der Waals surface area contributed by atoms with Crippen LogP contribution in [-0.2, 0) is 0 Å². The van der Waals surface area contributed by atoms with Gasteiger partial charge < -0.3 is 13.9 Å². The minimum atomic E-state index is -4.40. The molecule has 1 aromatic heterocycles. The van der Waals surface area contributed by atoms with Gasteiger partial charge in [0.25, 0.3) is 5.69 Å². The molecule has 0 fully saturated rings. The molecule has 0 atom stereocenters. The zero-order valence-corrected chi connectivity index (χ0v) is 15.6. The van der Waals surface area contributed by atoms with Gasteiger partial charge in [0.1, 0.15) is 28.4 Å². The number of benzene rings is 3. The molecule has 0 saturated heterocycles. The quantitative estimate of drug-likeness (QED) is 0.187. The van der Waals surface area contributed by atoms with Crippen molar-refractivity contribution >= 4 is 27.6 Å². The van der Waals surface area contributed by atoms with E-state index in [1.54, 1.807) is 24.3 Å². The van der Waals surface area contributed by atoms with E-state index in [-0.39, 0.29) is 11.5 Å². The summed E-state index contributed by atoms with van der Waals surface area (Å²) < 4.78 is 66.9. The van der Waals surface area contributed by atoms with E-state index in [1.165, 1.54) is 0 Å². The van der Waals surface area contributed by atoms with Crippen LogP contribution in [0.25, 0.3) is 21.9 Å². The van der Waals surface area contributed by atoms with Crippen molar-refractivity contribution < 1.29 is 36.4 Å². The van der Waals surface area contributed by atoms with Gasteiger partial charge in [-0.3, -0.25) is 10.1 Å². The predicted octanol–water partition coefficient (Wildman–Crippen LogP) is 6.57. The third-order valence-electron chi connectivity index (χ3n) is 4.41. The van der Waals surface area contributed by atoms with E-state index in [0.717, 1.165) is 29.0 Å². The number of nitro groups is 1. The first-order valence-electron chi connectivity index (χ1n) is 8.90. The first-order valence-corrected chi connectivity index (χ1v) is 8.90. The van der Waals surface area contributed by atoms with Crippen molar-refractivity contribution in [2.45, 2.75) is 12.3 Å². The Hall–Kier alpha value is -3.82. The van der Waals surface area contributed by atoms with Crippen LogP contribution in [0.5, 0.6) is 17.2 Å². The van der Waals surface area contributed by atoms with Gasteiger partial charge in [0.2, 0.25) is 0 Å². The third-order valence-corrected chi connectivity index (χ3v) is 4.41. The van der Waals surface area contributed by atoms with Crippen molar-refractivity contribution in [3.63, 3.8) is 0 Å². The second-order valence-electron chi connectivity index (χ2n) is 6.63. The summed E-state index contributed by atoms with van der Waals surface area (Å²) in [6, 6.07) is 15.3. The van der Waals surface area contributed by atoms with E-state index in [2.05, 4.69) is 4.74 Å². The molecule has 0 N–H and O–H groups in total. The fourth-order valence-corrected chi connectivity index (χ4v) is 2.95. The van der Waals surface area contributed by atoms with Crippen LogP contribution in [0.15, 0.2) is 65.1 Å². The number of non-ortho nitro benzene ring substituents is 1. The number of rotatable bonds is 7. The molecule has 1 heterocycles. The topological polar surface area (TPSA) is 74.7 Å². The smallest absolute Gasteiger partial charge is 0.340 e. The Morgan fingerprint density at radius 1 is 0.935 bits per heavy atom. The van der Waals surface area contributed by atoms with Crippen molar-refractivity contribution in [2.24, 2.45) is 0 Å². The number of para-hydroxylation sites is 1. The molecule has 0 aliphatic rings. The third kappa shape index (κ3) is 4.23. The lowest BCUT2D eigenvalue weighted by molar-refractivity contribution is -0.385. The summed E-state index contributed by atoms with van der Waals surface area (Å²) in [5.74, 6) is -4.65. The Balaban J connectivity index is 1.63. The summed E-state index contributed by atoms with van der Waals surface area (Å²) in [5, 5.41) is 12.9. The van der Waals surface area contributed by atoms with Crippen molar-refractivity contribution in [1.82, 2.24) is 0 Å². The van der Waals surface area contributed by atoms with Crippen LogP contribution in [0.4, 0.5) is 23.2 Å². The maximum atomic E-state index is 13.1. The van der Waals surface area contributed by atoms with E-state index < -0.39 is 35.3 Å². The lowest BCUT2D eigenvalue weighted by Gasteiger charge is -2.16. The second kappa shape index (κ2) is 7.78. The number of nitrogens with zero attached hydrogens (tertiary/aromatic N) is 1. The number of alkyl halides is 4. The molecule has 0 spiro atoms. The molecule has 0 amide bonds. The molecule has 10 heteroatoms. The number of hydrogen-bond acceptors (Lipinski definition) is 5. The number of furan rings is 1. The maximum Gasteiger partial charge on any atom is 0.340 e. The van der Waals surface area contributed by atoms with E-state index in [1.807, 2.05) is 18.2 Å². The fourth-order valence-electron chi connectivity index (χ4n) is 2.95. The Morgan fingerprint density at radius 3 is 2.39 bits per heavy atom. The first kappa shape index (κ1) is 20.5. The normalized spacial score (nSPS) is 11.9. The van der Waals surface area contributed by atoms with Crippen LogP contribution < -0.4 is 9.47 Å². The van der Waals surface area contributed by atoms with E-state index >= 15 is 0 Å². The van der Waals surface area contributed by atoms with Gasteiger partial charge in [0, 0.05) is 22.9 Å². The van der Waals surface area contributed by atoms with Gasteiger partial charge in [-0.25, -0.2) is 8.78 Å². The number of hydrogen-bond donors (Lipinski definition) is 0. The standard InChI is InChI=1S/C21H13F4NO5/c22-20(23)21(24,25)11-29-14-7-12(26(27)28)8-15(9-14)30-13-5-6-17-16-3-1-2-4-18(16)31-19(17)10-13/h1-10,20H,11H2. The first-order chi connectivity index (χ1) is 14.7. The molecule has 0 aliphatic heterocycles. The molecule has 3 aromatic carbocycles. The zero-order chi connectivity index (χ0) is 22.2. The Morgan fingerprint density at radius 2 is 1.65 bits per heavy atom. The van der Waals surface area contributed by atoms with Gasteiger partial charge in [-0.05, 0) is 18.2 Å². The molecule has 4 aromatic rings. The average Bonchev–Trinajstić information content (AvgIpc) is 3.10. The van der Waals surface area contributed by atoms with E-state index in [9.17, 15) is 27.7 Å². The maximum absolute atomic E-state index is 13.1. The number of halogens is 4. The van der Waals surface area contributed by atoms with Crippen LogP contribution in [0.2, 0.25) is 0 Å². The van der Waals surface area contributed by atoms with Crippen LogP contribution in [0.1, 0.15) is 0 Å². The van der Waals surface area contributed by atoms with Crippen molar-refractivity contribution in [2.75, 3.05) is 6.61 Å². The highest BCUT2D eigenvalue weighted by Crippen LogP contribution is 2.35. The summed E-state index contributed by atoms with van der Waals surface area (Å²) in [7, 11) is 0. The molecule has 31 heavy (non-hydrogen) atoms. The zero-order valence-electron chi connectivity index (χ0n) is 15.6. The van der Waals surface area contributed by atoms with Gasteiger partial charge in [0.15, 0.2) is 6.61 Å². The Labute approximate surface area is 171 Å². The van der Waals surface area contributed by atoms with Gasteiger partial charge in [-0.1, -0.05) is 18.2 Å². The minimum Gasteiger partial charge on any atom is -0.487 e. The second-order valence-corrected chi connectivity index (χ2v) is 6.63. The van der Waals surface area contributed by atoms with Gasteiger partial charge in [-0.15, -0.1) is 0 Å². The molecule has 6 nitrogen and oxygen atoms in total. The SMILES string of the molecule is O=[N+]([O-])c1cc(OCC(F)(F)C(F)F)cc(Oc2ccc3c(c2)oc2ccccc23)c1. The minimum absolute atomic E-state index is 0.0972. The molecule has 0 radical (unpaired) electrons. The lowest BCUT2D eigenvalue weighted by Crippen LogP contribution is -2.33. The largest absolute Gasteiger partial charge is 0.487 e. The molecular weight excluding hydrogens is 422 g/mol. The molecule has 0 aliphatic carbocycles. The molecular formula is C21H13F4NO5. The summed E-state index contributed by atoms with van der Waals surface area (Å²) in [6.45, 7) is -1.64. The Kier molecular flexibility index (Phi) is 5.14. The monoisotopic (exact) mass is 435 g/mol. The van der Waals surface area contributed by atoms with Gasteiger partial charge in [-0.2, -0.15) is 8.78 Å². The highest BCUT2D eigenvalue weighted by Gasteiger charge is 2.41. The Bertz CT molecular complexity index is 1270. The van der Waals surface area contributed by atoms with Gasteiger partial charge >= 0.3 is 12.3 Å². The highest BCUT2D eigenvalue weighted by atomic mass is 19.3. The molecule has 160 valence electrons. The van der Waals surface area contributed by atoms with Crippen LogP contribution in [0, 0.1) is 10.1 Å². The van der Waals surface area contributed by atoms with Crippen molar-refractivity contribution in [3.05, 3.63) is 70.8 Å². The van der Waals surface area contributed by atoms with Crippen molar-refractivity contribution in [1.29, 1.82) is 0 Å². The summed E-state index contributed by atoms with van der Waals surface area (Å²) in [5.41, 5.74) is 0.663. The summed E-state index contributed by atoms with van der Waals surface area (Å²) in [6.07, 6.45) is -3.93. The fraction of sp³-hybridized carbons (Fsp3) is 0.143. The molecule has 4 rings (SSSR count).